The molecule has 0 aliphatic rings. The van der Waals surface area contributed by atoms with Crippen LogP contribution in [0.4, 0.5) is 0 Å². The second kappa shape index (κ2) is 10.2. The van der Waals surface area contributed by atoms with E-state index in [0.29, 0.717) is 24.5 Å². The lowest BCUT2D eigenvalue weighted by Crippen LogP contribution is -2.27. The van der Waals surface area contributed by atoms with E-state index < -0.39 is 10.0 Å². The summed E-state index contributed by atoms with van der Waals surface area (Å²) in [5.41, 5.74) is 3.72. The van der Waals surface area contributed by atoms with Crippen LogP contribution in [0, 0.1) is 0 Å². The van der Waals surface area contributed by atoms with Crippen molar-refractivity contribution in [2.24, 2.45) is 5.14 Å². The summed E-state index contributed by atoms with van der Waals surface area (Å²) in [6.07, 6.45) is 4.44. The van der Waals surface area contributed by atoms with Crippen molar-refractivity contribution in [1.82, 2.24) is 24.6 Å². The summed E-state index contributed by atoms with van der Waals surface area (Å²) >= 11 is 0. The van der Waals surface area contributed by atoms with E-state index in [4.69, 9.17) is 5.14 Å². The molecular formula is C25H28N6O3S. The lowest BCUT2D eigenvalue weighted by Gasteiger charge is -2.14. The Morgan fingerprint density at radius 1 is 1.09 bits per heavy atom. The van der Waals surface area contributed by atoms with Crippen molar-refractivity contribution in [2.75, 3.05) is 7.05 Å². The number of H-pyrrole nitrogens is 1. The molecule has 0 unspecified atom stereocenters. The molecule has 0 saturated heterocycles. The average Bonchev–Trinajstić information content (AvgIpc) is 3.46. The summed E-state index contributed by atoms with van der Waals surface area (Å²) in [6, 6.07) is 17.8. The highest BCUT2D eigenvalue weighted by atomic mass is 32.2. The Bertz CT molecular complexity index is 1410. The van der Waals surface area contributed by atoms with Gasteiger partial charge in [-0.05, 0) is 47.9 Å². The zero-order valence-electron chi connectivity index (χ0n) is 19.7. The highest BCUT2D eigenvalue weighted by Crippen LogP contribution is 2.18. The molecule has 0 spiro atoms. The quantitative estimate of drug-likeness (QED) is 0.371. The SMILES string of the molecule is CCCc1c[nH]c(CN(C)C(=O)c2nc(Cc3ccccc3)n(-c3ccc(S(N)(=O)=O)cc3)n2)c1. The van der Waals surface area contributed by atoms with Gasteiger partial charge < -0.3 is 9.88 Å². The zero-order chi connectivity index (χ0) is 25.0. The molecule has 0 aliphatic carbocycles. The summed E-state index contributed by atoms with van der Waals surface area (Å²) in [7, 11) is -2.11. The molecule has 182 valence electrons. The van der Waals surface area contributed by atoms with E-state index in [1.807, 2.05) is 36.5 Å². The van der Waals surface area contributed by atoms with Gasteiger partial charge in [0.2, 0.25) is 15.8 Å². The molecule has 35 heavy (non-hydrogen) atoms. The third-order valence-electron chi connectivity index (χ3n) is 5.58. The second-order valence-corrected chi connectivity index (χ2v) is 9.97. The molecule has 4 rings (SSSR count). The van der Waals surface area contributed by atoms with E-state index in [0.717, 1.165) is 24.1 Å². The number of nitrogens with zero attached hydrogens (tertiary/aromatic N) is 4. The first kappa shape index (κ1) is 24.4. The Morgan fingerprint density at radius 2 is 1.80 bits per heavy atom. The number of nitrogens with two attached hydrogens (primary N) is 1. The number of rotatable bonds is 9. The molecule has 0 fully saturated rings. The van der Waals surface area contributed by atoms with Crippen molar-refractivity contribution in [2.45, 2.75) is 37.6 Å². The molecule has 1 amide bonds. The fourth-order valence-electron chi connectivity index (χ4n) is 3.83. The second-order valence-electron chi connectivity index (χ2n) is 8.41. The van der Waals surface area contributed by atoms with Gasteiger partial charge in [-0.15, -0.1) is 5.10 Å². The molecule has 0 radical (unpaired) electrons. The number of nitrogens with one attached hydrogen (secondary N) is 1. The van der Waals surface area contributed by atoms with E-state index in [9.17, 15) is 13.2 Å². The number of aromatic amines is 1. The maximum absolute atomic E-state index is 13.2. The van der Waals surface area contributed by atoms with Gasteiger partial charge in [-0.3, -0.25) is 4.79 Å². The smallest absolute Gasteiger partial charge is 0.293 e. The largest absolute Gasteiger partial charge is 0.363 e. The highest BCUT2D eigenvalue weighted by Gasteiger charge is 2.22. The molecule has 4 aromatic rings. The van der Waals surface area contributed by atoms with Gasteiger partial charge in [0.05, 0.1) is 17.1 Å². The number of hydrogen-bond acceptors (Lipinski definition) is 5. The van der Waals surface area contributed by atoms with Gasteiger partial charge >= 0.3 is 0 Å². The Hall–Kier alpha value is -3.76. The Kier molecular flexibility index (Phi) is 7.13. The maximum atomic E-state index is 13.2. The van der Waals surface area contributed by atoms with Crippen LogP contribution in [-0.2, 0) is 29.4 Å². The molecule has 0 atom stereocenters. The minimum absolute atomic E-state index is 0.00426. The number of primary sulfonamides is 1. The number of aromatic nitrogens is 4. The summed E-state index contributed by atoms with van der Waals surface area (Å²) in [4.78, 5) is 22.5. The topological polar surface area (TPSA) is 127 Å². The lowest BCUT2D eigenvalue weighted by molar-refractivity contribution is 0.0771. The first-order valence-corrected chi connectivity index (χ1v) is 12.8. The van der Waals surface area contributed by atoms with E-state index in [1.165, 1.54) is 17.7 Å². The molecule has 2 aromatic heterocycles. The monoisotopic (exact) mass is 492 g/mol. The first-order chi connectivity index (χ1) is 16.7. The fourth-order valence-corrected chi connectivity index (χ4v) is 4.34. The van der Waals surface area contributed by atoms with Crippen molar-refractivity contribution < 1.29 is 13.2 Å². The van der Waals surface area contributed by atoms with Crippen LogP contribution < -0.4 is 5.14 Å². The number of carbonyl (C=O) groups is 1. The van der Waals surface area contributed by atoms with Crippen molar-refractivity contribution in [3.05, 3.63) is 95.3 Å². The molecule has 0 aliphatic heterocycles. The van der Waals surface area contributed by atoms with Crippen molar-refractivity contribution in [3.8, 4) is 5.69 Å². The van der Waals surface area contributed by atoms with Crippen LogP contribution in [0.25, 0.3) is 5.69 Å². The standard InChI is InChI=1S/C25H28N6O3S/c1-3-7-19-14-20(27-16-19)17-30(2)25(32)24-28-23(15-18-8-5-4-6-9-18)31(29-24)21-10-12-22(13-11-21)35(26,33)34/h4-6,8-14,16,27H,3,7,15,17H2,1-2H3,(H2,26,33,34). The van der Waals surface area contributed by atoms with Crippen LogP contribution in [0.1, 0.15) is 46.6 Å². The molecule has 2 aromatic carbocycles. The van der Waals surface area contributed by atoms with Gasteiger partial charge in [0.25, 0.3) is 5.91 Å². The zero-order valence-corrected chi connectivity index (χ0v) is 20.5. The Morgan fingerprint density at radius 3 is 2.46 bits per heavy atom. The van der Waals surface area contributed by atoms with Crippen LogP contribution >= 0.6 is 0 Å². The number of benzene rings is 2. The van der Waals surface area contributed by atoms with Gasteiger partial charge in [-0.2, -0.15) is 0 Å². The predicted octanol–water partition coefficient (Wildman–Crippen LogP) is 3.06. The number of amides is 1. The van der Waals surface area contributed by atoms with Crippen LogP contribution in [0.3, 0.4) is 0 Å². The van der Waals surface area contributed by atoms with Gasteiger partial charge in [0.15, 0.2) is 0 Å². The Balaban J connectivity index is 1.63. The van der Waals surface area contributed by atoms with Crippen LogP contribution in [-0.4, -0.2) is 46.0 Å². The summed E-state index contributed by atoms with van der Waals surface area (Å²) in [6.45, 7) is 2.52. The molecule has 9 nitrogen and oxygen atoms in total. The third-order valence-corrected chi connectivity index (χ3v) is 6.51. The first-order valence-electron chi connectivity index (χ1n) is 11.3. The van der Waals surface area contributed by atoms with Gasteiger partial charge in [0.1, 0.15) is 5.82 Å². The van der Waals surface area contributed by atoms with E-state index in [1.54, 1.807) is 28.8 Å². The van der Waals surface area contributed by atoms with Crippen molar-refractivity contribution >= 4 is 15.9 Å². The third kappa shape index (κ3) is 5.84. The minimum atomic E-state index is -3.82. The fraction of sp³-hybridized carbons (Fsp3) is 0.240. The lowest BCUT2D eigenvalue weighted by atomic mass is 10.1. The molecule has 10 heteroatoms. The summed E-state index contributed by atoms with van der Waals surface area (Å²) < 4.78 is 24.8. The highest BCUT2D eigenvalue weighted by molar-refractivity contribution is 7.89. The van der Waals surface area contributed by atoms with Crippen LogP contribution in [0.15, 0.2) is 71.8 Å². The normalized spacial score (nSPS) is 11.5. The van der Waals surface area contributed by atoms with E-state index >= 15 is 0 Å². The number of aryl methyl sites for hydroxylation is 1. The Labute approximate surface area is 204 Å². The van der Waals surface area contributed by atoms with Crippen molar-refractivity contribution in [1.29, 1.82) is 0 Å². The molecule has 0 saturated carbocycles. The van der Waals surface area contributed by atoms with E-state index in [2.05, 4.69) is 28.1 Å². The maximum Gasteiger partial charge on any atom is 0.293 e. The minimum Gasteiger partial charge on any atom is -0.363 e. The predicted molar refractivity (Wildman–Crippen MR) is 133 cm³/mol. The summed E-state index contributed by atoms with van der Waals surface area (Å²) in [5, 5.41) is 9.71. The number of hydrogen-bond donors (Lipinski definition) is 2. The number of sulfonamides is 1. The van der Waals surface area contributed by atoms with Gasteiger partial charge in [-0.1, -0.05) is 43.7 Å². The molecule has 2 heterocycles. The summed E-state index contributed by atoms with van der Waals surface area (Å²) in [5.74, 6) is 0.307. The van der Waals surface area contributed by atoms with Crippen LogP contribution in [0.5, 0.6) is 0 Å². The van der Waals surface area contributed by atoms with Crippen LogP contribution in [0.2, 0.25) is 0 Å². The number of carbonyl (C=O) groups excluding carboxylic acids is 1. The molecular weight excluding hydrogens is 464 g/mol. The molecule has 3 N–H and O–H groups in total. The van der Waals surface area contributed by atoms with Gasteiger partial charge in [-0.25, -0.2) is 23.2 Å². The van der Waals surface area contributed by atoms with Crippen molar-refractivity contribution in [3.63, 3.8) is 0 Å². The molecule has 0 bridgehead atoms. The van der Waals surface area contributed by atoms with E-state index in [-0.39, 0.29) is 16.6 Å². The average molecular weight is 493 g/mol. The van der Waals surface area contributed by atoms with Gasteiger partial charge in [0, 0.05) is 25.4 Å².